The van der Waals surface area contributed by atoms with E-state index in [9.17, 15) is 0 Å². The van der Waals surface area contributed by atoms with Crippen LogP contribution in [0.2, 0.25) is 0 Å². The van der Waals surface area contributed by atoms with Crippen LogP contribution >= 0.6 is 0 Å². The standard InChI is InChI=1S/C17H22N2O3/c1-12(17(2,3)4)10-15-18-19-16(22-15)11-21-14-9-7-6-8-13(14)20-5/h6-10H,11H2,1-5H3/b12-10-. The molecule has 0 aliphatic rings. The van der Waals surface area contributed by atoms with Crippen molar-refractivity contribution < 1.29 is 13.9 Å². The van der Waals surface area contributed by atoms with Crippen molar-refractivity contribution in [3.05, 3.63) is 41.6 Å². The fourth-order valence-electron chi connectivity index (χ4n) is 1.66. The van der Waals surface area contributed by atoms with Crippen LogP contribution in [0.5, 0.6) is 11.5 Å². The lowest BCUT2D eigenvalue weighted by Gasteiger charge is -2.18. The Hall–Kier alpha value is -2.30. The Balaban J connectivity index is 2.04. The molecule has 0 unspecified atom stereocenters. The Morgan fingerprint density at radius 2 is 1.86 bits per heavy atom. The molecule has 1 aromatic carbocycles. The molecular formula is C17H22N2O3. The van der Waals surface area contributed by atoms with Crippen LogP contribution < -0.4 is 9.47 Å². The van der Waals surface area contributed by atoms with E-state index in [1.165, 1.54) is 5.57 Å². The van der Waals surface area contributed by atoms with Crippen LogP contribution in [0.25, 0.3) is 6.08 Å². The number of methoxy groups -OCH3 is 1. The maximum atomic E-state index is 5.66. The van der Waals surface area contributed by atoms with Gasteiger partial charge in [0.1, 0.15) is 0 Å². The molecule has 0 spiro atoms. The van der Waals surface area contributed by atoms with Gasteiger partial charge in [-0.25, -0.2) is 0 Å². The molecule has 0 atom stereocenters. The molecule has 0 fully saturated rings. The molecule has 0 aliphatic heterocycles. The molecule has 0 bridgehead atoms. The van der Waals surface area contributed by atoms with Gasteiger partial charge in [0.05, 0.1) is 7.11 Å². The molecule has 0 radical (unpaired) electrons. The number of hydrogen-bond acceptors (Lipinski definition) is 5. The molecule has 0 saturated carbocycles. The van der Waals surface area contributed by atoms with E-state index in [2.05, 4.69) is 37.9 Å². The van der Waals surface area contributed by atoms with Crippen LogP contribution in [0.15, 0.2) is 34.3 Å². The summed E-state index contributed by atoms with van der Waals surface area (Å²) < 4.78 is 16.5. The van der Waals surface area contributed by atoms with Crippen molar-refractivity contribution in [3.63, 3.8) is 0 Å². The zero-order chi connectivity index (χ0) is 16.2. The summed E-state index contributed by atoms with van der Waals surface area (Å²) in [7, 11) is 1.60. The Labute approximate surface area is 131 Å². The van der Waals surface area contributed by atoms with Gasteiger partial charge >= 0.3 is 0 Å². The SMILES string of the molecule is COc1ccccc1OCc1nnc(/C=C(/C)C(C)(C)C)o1. The number of allylic oxidation sites excluding steroid dienone is 1. The van der Waals surface area contributed by atoms with Crippen molar-refractivity contribution in [3.8, 4) is 11.5 Å². The van der Waals surface area contributed by atoms with Crippen LogP contribution in [0.4, 0.5) is 0 Å². The smallest absolute Gasteiger partial charge is 0.254 e. The monoisotopic (exact) mass is 302 g/mol. The van der Waals surface area contributed by atoms with E-state index < -0.39 is 0 Å². The lowest BCUT2D eigenvalue weighted by Crippen LogP contribution is -2.05. The first kappa shape index (κ1) is 16.1. The maximum Gasteiger partial charge on any atom is 0.254 e. The number of hydrogen-bond donors (Lipinski definition) is 0. The molecular weight excluding hydrogens is 280 g/mol. The quantitative estimate of drug-likeness (QED) is 0.832. The Bertz CT molecular complexity index is 654. The summed E-state index contributed by atoms with van der Waals surface area (Å²) in [6, 6.07) is 7.44. The van der Waals surface area contributed by atoms with E-state index in [-0.39, 0.29) is 12.0 Å². The van der Waals surface area contributed by atoms with Gasteiger partial charge in [-0.15, -0.1) is 10.2 Å². The van der Waals surface area contributed by atoms with E-state index in [0.717, 1.165) is 0 Å². The topological polar surface area (TPSA) is 57.4 Å². The van der Waals surface area contributed by atoms with Crippen molar-refractivity contribution in [2.24, 2.45) is 5.41 Å². The Morgan fingerprint density at radius 3 is 2.50 bits per heavy atom. The first-order valence-electron chi connectivity index (χ1n) is 7.17. The summed E-state index contributed by atoms with van der Waals surface area (Å²) in [4.78, 5) is 0. The summed E-state index contributed by atoms with van der Waals surface area (Å²) >= 11 is 0. The first-order chi connectivity index (χ1) is 10.4. The molecule has 0 aliphatic carbocycles. The molecule has 1 heterocycles. The van der Waals surface area contributed by atoms with Crippen molar-refractivity contribution >= 4 is 6.08 Å². The molecule has 0 N–H and O–H groups in total. The number of para-hydroxylation sites is 2. The normalized spacial score (nSPS) is 12.3. The highest BCUT2D eigenvalue weighted by atomic mass is 16.5. The molecule has 2 rings (SSSR count). The van der Waals surface area contributed by atoms with E-state index >= 15 is 0 Å². The zero-order valence-electron chi connectivity index (χ0n) is 13.7. The van der Waals surface area contributed by atoms with Crippen LogP contribution in [0, 0.1) is 5.41 Å². The molecule has 0 saturated heterocycles. The minimum atomic E-state index is 0.0720. The van der Waals surface area contributed by atoms with E-state index in [1.807, 2.05) is 30.3 Å². The van der Waals surface area contributed by atoms with Gasteiger partial charge in [0.25, 0.3) is 5.89 Å². The van der Waals surface area contributed by atoms with Gasteiger partial charge in [0, 0.05) is 6.08 Å². The largest absolute Gasteiger partial charge is 0.493 e. The second kappa shape index (κ2) is 6.64. The van der Waals surface area contributed by atoms with Crippen LogP contribution in [0.3, 0.4) is 0 Å². The molecule has 5 heteroatoms. The zero-order valence-corrected chi connectivity index (χ0v) is 13.7. The summed E-state index contributed by atoms with van der Waals surface area (Å²) in [5, 5.41) is 8.02. The molecule has 0 amide bonds. The Morgan fingerprint density at radius 1 is 1.18 bits per heavy atom. The predicted molar refractivity (Wildman–Crippen MR) is 84.7 cm³/mol. The van der Waals surface area contributed by atoms with E-state index in [0.29, 0.717) is 23.3 Å². The lowest BCUT2D eigenvalue weighted by atomic mass is 9.87. The number of benzene rings is 1. The van der Waals surface area contributed by atoms with Gasteiger partial charge in [-0.2, -0.15) is 0 Å². The summed E-state index contributed by atoms with van der Waals surface area (Å²) in [5.41, 5.74) is 1.25. The molecule has 5 nitrogen and oxygen atoms in total. The second-order valence-corrected chi connectivity index (χ2v) is 6.05. The third kappa shape index (κ3) is 4.10. The van der Waals surface area contributed by atoms with E-state index in [1.54, 1.807) is 7.11 Å². The van der Waals surface area contributed by atoms with Gasteiger partial charge in [-0.3, -0.25) is 0 Å². The van der Waals surface area contributed by atoms with E-state index in [4.69, 9.17) is 13.9 Å². The summed E-state index contributed by atoms with van der Waals surface area (Å²) in [6.45, 7) is 8.67. The highest BCUT2D eigenvalue weighted by molar-refractivity contribution is 5.44. The number of nitrogens with zero attached hydrogens (tertiary/aromatic N) is 2. The second-order valence-electron chi connectivity index (χ2n) is 6.05. The number of ether oxygens (including phenoxy) is 2. The maximum absolute atomic E-state index is 5.66. The minimum absolute atomic E-state index is 0.0720. The fourth-order valence-corrected chi connectivity index (χ4v) is 1.66. The van der Waals surface area contributed by atoms with Gasteiger partial charge in [-0.05, 0) is 24.5 Å². The summed E-state index contributed by atoms with van der Waals surface area (Å²) in [6.07, 6.45) is 1.90. The third-order valence-corrected chi connectivity index (χ3v) is 3.43. The van der Waals surface area contributed by atoms with Crippen molar-refractivity contribution in [2.75, 3.05) is 7.11 Å². The predicted octanol–water partition coefficient (Wildman–Crippen LogP) is 4.11. The molecule has 2 aromatic rings. The molecule has 1 aromatic heterocycles. The van der Waals surface area contributed by atoms with Crippen LogP contribution in [0.1, 0.15) is 39.5 Å². The summed E-state index contributed by atoms with van der Waals surface area (Å²) in [5.74, 6) is 2.24. The minimum Gasteiger partial charge on any atom is -0.493 e. The Kier molecular flexibility index (Phi) is 4.85. The highest BCUT2D eigenvalue weighted by Gasteiger charge is 2.14. The molecule has 22 heavy (non-hydrogen) atoms. The van der Waals surface area contributed by atoms with Gasteiger partial charge < -0.3 is 13.9 Å². The third-order valence-electron chi connectivity index (χ3n) is 3.43. The van der Waals surface area contributed by atoms with Gasteiger partial charge in [0.2, 0.25) is 5.89 Å². The number of aromatic nitrogens is 2. The van der Waals surface area contributed by atoms with Gasteiger partial charge in [-0.1, -0.05) is 38.5 Å². The van der Waals surface area contributed by atoms with Gasteiger partial charge in [0.15, 0.2) is 18.1 Å². The molecule has 118 valence electrons. The van der Waals surface area contributed by atoms with Crippen molar-refractivity contribution in [1.29, 1.82) is 0 Å². The van der Waals surface area contributed by atoms with Crippen LogP contribution in [-0.4, -0.2) is 17.3 Å². The first-order valence-corrected chi connectivity index (χ1v) is 7.17. The average molecular weight is 302 g/mol. The van der Waals surface area contributed by atoms with Crippen LogP contribution in [-0.2, 0) is 6.61 Å². The van der Waals surface area contributed by atoms with Crippen molar-refractivity contribution in [1.82, 2.24) is 10.2 Å². The number of rotatable bonds is 5. The lowest BCUT2D eigenvalue weighted by molar-refractivity contribution is 0.249. The average Bonchev–Trinajstić information content (AvgIpc) is 2.92. The fraction of sp³-hybridized carbons (Fsp3) is 0.412. The highest BCUT2D eigenvalue weighted by Crippen LogP contribution is 2.27. The van der Waals surface area contributed by atoms with Crippen molar-refractivity contribution in [2.45, 2.75) is 34.3 Å².